The molecule has 190 valence electrons. The van der Waals surface area contributed by atoms with Gasteiger partial charge in [0.05, 0.1) is 14.2 Å². The van der Waals surface area contributed by atoms with Crippen molar-refractivity contribution in [2.75, 3.05) is 50.6 Å². The van der Waals surface area contributed by atoms with E-state index in [4.69, 9.17) is 18.9 Å². The highest BCUT2D eigenvalue weighted by Gasteiger charge is 2.39. The van der Waals surface area contributed by atoms with E-state index in [0.717, 1.165) is 5.69 Å². The van der Waals surface area contributed by atoms with Crippen LogP contribution in [0.1, 0.15) is 24.2 Å². The number of benzene rings is 2. The van der Waals surface area contributed by atoms with Crippen molar-refractivity contribution in [3.63, 3.8) is 0 Å². The van der Waals surface area contributed by atoms with Crippen molar-refractivity contribution in [3.05, 3.63) is 59.8 Å². The molecule has 0 bridgehead atoms. The molecule has 10 nitrogen and oxygen atoms in total. The van der Waals surface area contributed by atoms with Gasteiger partial charge in [-0.3, -0.25) is 4.79 Å². The lowest BCUT2D eigenvalue weighted by atomic mass is 10.1. The molecule has 2 aromatic rings. The monoisotopic (exact) mass is 495 g/mol. The Labute approximate surface area is 209 Å². The van der Waals surface area contributed by atoms with Gasteiger partial charge in [-0.1, -0.05) is 0 Å². The predicted molar refractivity (Wildman–Crippen MR) is 132 cm³/mol. The number of rotatable bonds is 6. The number of methoxy groups -OCH3 is 2. The van der Waals surface area contributed by atoms with Crippen LogP contribution >= 0.6 is 0 Å². The summed E-state index contributed by atoms with van der Waals surface area (Å²) in [6.07, 6.45) is 1.28. The van der Waals surface area contributed by atoms with Crippen molar-refractivity contribution >= 4 is 29.2 Å². The van der Waals surface area contributed by atoms with Crippen LogP contribution in [-0.2, 0) is 19.1 Å². The summed E-state index contributed by atoms with van der Waals surface area (Å²) in [6.45, 7) is 5.50. The molecular weight excluding hydrogens is 466 g/mol. The number of carbonyl (C=O) groups excluding carboxylic acids is 3. The first-order valence-corrected chi connectivity index (χ1v) is 11.5. The molecule has 1 amide bonds. The fourth-order valence-electron chi connectivity index (χ4n) is 3.98. The third-order valence-electron chi connectivity index (χ3n) is 5.90. The van der Waals surface area contributed by atoms with Crippen LogP contribution in [-0.4, -0.2) is 68.9 Å². The highest BCUT2D eigenvalue weighted by molar-refractivity contribution is 6.15. The molecule has 2 aromatic carbocycles. The van der Waals surface area contributed by atoms with Crippen LogP contribution in [0, 0.1) is 0 Å². The fraction of sp³-hybridized carbons (Fsp3) is 0.346. The van der Waals surface area contributed by atoms with E-state index in [2.05, 4.69) is 10.2 Å². The third-order valence-corrected chi connectivity index (χ3v) is 5.90. The van der Waals surface area contributed by atoms with Gasteiger partial charge in [-0.25, -0.2) is 9.59 Å². The zero-order chi connectivity index (χ0) is 25.9. The predicted octanol–water partition coefficient (Wildman–Crippen LogP) is 2.80. The molecule has 0 unspecified atom stereocenters. The van der Waals surface area contributed by atoms with Crippen molar-refractivity contribution in [1.82, 2.24) is 4.90 Å². The van der Waals surface area contributed by atoms with E-state index in [1.54, 1.807) is 32.4 Å². The highest BCUT2D eigenvalue weighted by atomic mass is 16.7. The van der Waals surface area contributed by atoms with E-state index in [1.165, 1.54) is 20.0 Å². The third kappa shape index (κ3) is 5.54. The molecule has 2 fully saturated rings. The molecule has 2 heterocycles. The second kappa shape index (κ2) is 10.2. The first kappa shape index (κ1) is 24.9. The number of piperazine rings is 1. The number of hydrogen-bond donors (Lipinski definition) is 1. The maximum absolute atomic E-state index is 13.0. The number of hydrogen-bond acceptors (Lipinski definition) is 9. The van der Waals surface area contributed by atoms with E-state index < -0.39 is 17.7 Å². The average Bonchev–Trinajstić information content (AvgIpc) is 2.87. The molecular formula is C26H29N3O7. The number of cyclic esters (lactones) is 2. The summed E-state index contributed by atoms with van der Waals surface area (Å²) in [5, 5.41) is 2.94. The number of anilines is 2. The Balaban J connectivity index is 1.34. The van der Waals surface area contributed by atoms with Crippen molar-refractivity contribution < 1.29 is 33.3 Å². The quantitative estimate of drug-likeness (QED) is 0.368. The Morgan fingerprint density at radius 3 is 2.00 bits per heavy atom. The maximum Gasteiger partial charge on any atom is 0.350 e. The normalized spacial score (nSPS) is 17.2. The van der Waals surface area contributed by atoms with Crippen molar-refractivity contribution in [2.45, 2.75) is 19.6 Å². The molecule has 2 aliphatic rings. The molecule has 2 aliphatic heterocycles. The molecule has 2 saturated heterocycles. The van der Waals surface area contributed by atoms with E-state index in [-0.39, 0.29) is 11.5 Å². The summed E-state index contributed by atoms with van der Waals surface area (Å²) in [5.41, 5.74) is 2.02. The molecule has 0 radical (unpaired) electrons. The highest BCUT2D eigenvalue weighted by Crippen LogP contribution is 2.26. The summed E-state index contributed by atoms with van der Waals surface area (Å²) < 4.78 is 20.7. The molecule has 0 atom stereocenters. The lowest BCUT2D eigenvalue weighted by molar-refractivity contribution is -0.222. The van der Waals surface area contributed by atoms with Gasteiger partial charge in [0.25, 0.3) is 11.7 Å². The minimum atomic E-state index is -1.28. The Kier molecular flexibility index (Phi) is 7.05. The fourth-order valence-corrected chi connectivity index (χ4v) is 3.98. The van der Waals surface area contributed by atoms with Gasteiger partial charge in [0.2, 0.25) is 0 Å². The zero-order valence-corrected chi connectivity index (χ0v) is 20.7. The first-order chi connectivity index (χ1) is 17.2. The van der Waals surface area contributed by atoms with E-state index in [1.807, 2.05) is 29.2 Å². The van der Waals surface area contributed by atoms with E-state index in [9.17, 15) is 14.4 Å². The van der Waals surface area contributed by atoms with Crippen LogP contribution in [0.3, 0.4) is 0 Å². The standard InChI is InChI=1S/C26H29N3O7/c1-26(2)35-24(31)22(25(32)36-26)16-27-18-5-7-19(8-6-18)28-9-11-29(12-10-28)23(30)17-13-20(33-3)15-21(14-17)34-4/h5-8,13-16,27H,9-12H2,1-4H3. The lowest BCUT2D eigenvalue weighted by Crippen LogP contribution is -2.48. The summed E-state index contributed by atoms with van der Waals surface area (Å²) in [6, 6.07) is 12.7. The van der Waals surface area contributed by atoms with Gasteiger partial charge >= 0.3 is 11.9 Å². The number of nitrogens with zero attached hydrogens (tertiary/aromatic N) is 2. The molecule has 0 spiro atoms. The molecule has 1 N–H and O–H groups in total. The summed E-state index contributed by atoms with van der Waals surface area (Å²) in [5.74, 6) is -1.67. The first-order valence-electron chi connectivity index (χ1n) is 11.5. The molecule has 0 aliphatic carbocycles. The molecule has 0 saturated carbocycles. The number of nitrogens with one attached hydrogen (secondary N) is 1. The van der Waals surface area contributed by atoms with Crippen molar-refractivity contribution in [2.24, 2.45) is 0 Å². The van der Waals surface area contributed by atoms with Gasteiger partial charge < -0.3 is 34.1 Å². The maximum atomic E-state index is 13.0. The van der Waals surface area contributed by atoms with Crippen molar-refractivity contribution in [1.29, 1.82) is 0 Å². The Morgan fingerprint density at radius 1 is 0.917 bits per heavy atom. The minimum Gasteiger partial charge on any atom is -0.497 e. The van der Waals surface area contributed by atoms with Crippen LogP contribution in [0.4, 0.5) is 11.4 Å². The van der Waals surface area contributed by atoms with Crippen LogP contribution in [0.15, 0.2) is 54.2 Å². The molecule has 36 heavy (non-hydrogen) atoms. The minimum absolute atomic E-state index is 0.0670. The van der Waals surface area contributed by atoms with E-state index >= 15 is 0 Å². The van der Waals surface area contributed by atoms with Gasteiger partial charge in [0.15, 0.2) is 5.57 Å². The molecule has 4 rings (SSSR count). The van der Waals surface area contributed by atoms with Crippen LogP contribution in [0.2, 0.25) is 0 Å². The second-order valence-electron chi connectivity index (χ2n) is 8.81. The second-order valence-corrected chi connectivity index (χ2v) is 8.81. The SMILES string of the molecule is COc1cc(OC)cc(C(=O)N2CCN(c3ccc(NC=C4C(=O)OC(C)(C)OC4=O)cc3)CC2)c1. The number of amides is 1. The largest absolute Gasteiger partial charge is 0.497 e. The summed E-state index contributed by atoms with van der Waals surface area (Å²) >= 11 is 0. The number of ether oxygens (including phenoxy) is 4. The smallest absolute Gasteiger partial charge is 0.350 e. The number of carbonyl (C=O) groups is 3. The topological polar surface area (TPSA) is 107 Å². The molecule has 10 heteroatoms. The zero-order valence-electron chi connectivity index (χ0n) is 20.7. The van der Waals surface area contributed by atoms with Gasteiger partial charge in [-0.05, 0) is 36.4 Å². The van der Waals surface area contributed by atoms with Crippen LogP contribution < -0.4 is 19.7 Å². The molecule has 0 aromatic heterocycles. The number of esters is 2. The Morgan fingerprint density at radius 2 is 1.47 bits per heavy atom. The van der Waals surface area contributed by atoms with E-state index in [0.29, 0.717) is 48.9 Å². The van der Waals surface area contributed by atoms with Gasteiger partial charge in [0, 0.05) is 69.2 Å². The average molecular weight is 496 g/mol. The summed E-state index contributed by atoms with van der Waals surface area (Å²) in [7, 11) is 3.11. The lowest BCUT2D eigenvalue weighted by Gasteiger charge is -2.36. The Hall–Kier alpha value is -4.21. The van der Waals surface area contributed by atoms with Crippen molar-refractivity contribution in [3.8, 4) is 11.5 Å². The van der Waals surface area contributed by atoms with Gasteiger partial charge in [-0.15, -0.1) is 0 Å². The van der Waals surface area contributed by atoms with Gasteiger partial charge in [0.1, 0.15) is 11.5 Å². The summed E-state index contributed by atoms with van der Waals surface area (Å²) in [4.78, 5) is 41.1. The Bertz CT molecular complexity index is 1140. The van der Waals surface area contributed by atoms with Gasteiger partial charge in [-0.2, -0.15) is 0 Å². The van der Waals surface area contributed by atoms with Crippen LogP contribution in [0.25, 0.3) is 0 Å². The van der Waals surface area contributed by atoms with Crippen LogP contribution in [0.5, 0.6) is 11.5 Å².